The van der Waals surface area contributed by atoms with Gasteiger partial charge in [0, 0.05) is 0 Å². The van der Waals surface area contributed by atoms with Gasteiger partial charge in [-0.2, -0.15) is 0 Å². The highest BCUT2D eigenvalue weighted by Crippen LogP contribution is 2.20. The van der Waals surface area contributed by atoms with Gasteiger partial charge in [0.25, 0.3) is 0 Å². The minimum atomic E-state index is 0. The molecule has 0 aliphatic rings. The Kier molecular flexibility index (Phi) is 1.82. The number of benzene rings is 1. The van der Waals surface area contributed by atoms with Crippen LogP contribution in [0.3, 0.4) is 0 Å². The van der Waals surface area contributed by atoms with E-state index in [-0.39, 0.29) is 12.4 Å². The zero-order valence-corrected chi connectivity index (χ0v) is 7.86. The molecule has 2 aromatic heterocycles. The van der Waals surface area contributed by atoms with Crippen molar-refractivity contribution in [3.05, 3.63) is 24.3 Å². The summed E-state index contributed by atoms with van der Waals surface area (Å²) in [7, 11) is 0. The fourth-order valence-electron chi connectivity index (χ4n) is 1.40. The third-order valence-electron chi connectivity index (χ3n) is 1.97. The average molecular weight is 211 g/mol. The van der Waals surface area contributed by atoms with E-state index >= 15 is 0 Å². The number of anilines is 1. The summed E-state index contributed by atoms with van der Waals surface area (Å²) < 4.78 is 7.06. The number of hydrogen-bond donors (Lipinski definition) is 1. The van der Waals surface area contributed by atoms with Crippen LogP contribution in [0.1, 0.15) is 0 Å². The van der Waals surface area contributed by atoms with Crippen LogP contribution in [0.2, 0.25) is 0 Å². The van der Waals surface area contributed by atoms with Crippen molar-refractivity contribution in [3.63, 3.8) is 0 Å². The Hall–Kier alpha value is -1.75. The van der Waals surface area contributed by atoms with Gasteiger partial charge in [0.1, 0.15) is 0 Å². The molecule has 6 heteroatoms. The van der Waals surface area contributed by atoms with Crippen molar-refractivity contribution in [2.45, 2.75) is 0 Å². The number of rotatable bonds is 0. The minimum absolute atomic E-state index is 0. The van der Waals surface area contributed by atoms with Gasteiger partial charge in [-0.1, -0.05) is 17.2 Å². The van der Waals surface area contributed by atoms with E-state index in [9.17, 15) is 0 Å². The third-order valence-corrected chi connectivity index (χ3v) is 1.97. The molecule has 0 bridgehead atoms. The van der Waals surface area contributed by atoms with E-state index in [4.69, 9.17) is 10.2 Å². The van der Waals surface area contributed by atoms with Gasteiger partial charge in [-0.3, -0.25) is 0 Å². The maximum atomic E-state index is 5.62. The highest BCUT2D eigenvalue weighted by Gasteiger charge is 2.09. The maximum Gasteiger partial charge on any atom is 0.329 e. The molecule has 1 aromatic carbocycles. The molecule has 3 rings (SSSR count). The zero-order valence-electron chi connectivity index (χ0n) is 7.04. The topological polar surface area (TPSA) is 69.3 Å². The summed E-state index contributed by atoms with van der Waals surface area (Å²) >= 11 is 0. The maximum absolute atomic E-state index is 5.62. The first kappa shape index (κ1) is 8.83. The lowest BCUT2D eigenvalue weighted by molar-refractivity contribution is 0.638. The van der Waals surface area contributed by atoms with Crippen molar-refractivity contribution >= 4 is 35.3 Å². The Balaban J connectivity index is 0.000000750. The van der Waals surface area contributed by atoms with Crippen LogP contribution >= 0.6 is 12.4 Å². The number of oxazole rings is 1. The van der Waals surface area contributed by atoms with E-state index in [0.29, 0.717) is 11.8 Å². The fraction of sp³-hybridized carbons (Fsp3) is 0. The Morgan fingerprint density at radius 3 is 2.86 bits per heavy atom. The zero-order chi connectivity index (χ0) is 8.84. The van der Waals surface area contributed by atoms with E-state index in [1.807, 2.05) is 24.3 Å². The normalized spacial score (nSPS) is 10.6. The van der Waals surface area contributed by atoms with Crippen LogP contribution < -0.4 is 5.73 Å². The molecular formula is C8H7ClN4O. The molecule has 0 spiro atoms. The van der Waals surface area contributed by atoms with Gasteiger partial charge < -0.3 is 10.2 Å². The van der Waals surface area contributed by atoms with Crippen LogP contribution in [0.25, 0.3) is 16.9 Å². The van der Waals surface area contributed by atoms with Gasteiger partial charge in [0.15, 0.2) is 5.58 Å². The lowest BCUT2D eigenvalue weighted by atomic mass is 10.3. The van der Waals surface area contributed by atoms with Crippen molar-refractivity contribution in [3.8, 4) is 0 Å². The molecule has 0 atom stereocenters. The standard InChI is InChI=1S/C8H6N4O.ClH/c9-7-10-11-8-12(7)5-3-1-2-4-6(5)13-8;/h1-4H,(H2,9,10);1H. The van der Waals surface area contributed by atoms with Gasteiger partial charge in [-0.25, -0.2) is 4.40 Å². The second-order valence-electron chi connectivity index (χ2n) is 2.75. The number of fused-ring (bicyclic) bond motifs is 3. The third kappa shape index (κ3) is 0.958. The van der Waals surface area contributed by atoms with Gasteiger partial charge in [-0.15, -0.1) is 17.5 Å². The summed E-state index contributed by atoms with van der Waals surface area (Å²) in [5.74, 6) is 0.777. The number of hydrogen-bond acceptors (Lipinski definition) is 4. The van der Waals surface area contributed by atoms with E-state index in [2.05, 4.69) is 10.2 Å². The molecule has 72 valence electrons. The molecule has 14 heavy (non-hydrogen) atoms. The Bertz CT molecular complexity index is 585. The molecule has 2 heterocycles. The molecule has 0 unspecified atom stereocenters. The second kappa shape index (κ2) is 2.88. The van der Waals surface area contributed by atoms with Crippen molar-refractivity contribution in [1.29, 1.82) is 0 Å². The summed E-state index contributed by atoms with van der Waals surface area (Å²) in [5, 5.41) is 7.48. The molecule has 0 aliphatic carbocycles. The van der Waals surface area contributed by atoms with E-state index < -0.39 is 0 Å². The van der Waals surface area contributed by atoms with Crippen LogP contribution in [-0.2, 0) is 0 Å². The lowest BCUT2D eigenvalue weighted by Crippen LogP contribution is -1.91. The number of nitrogen functional groups attached to an aromatic ring is 1. The SMILES string of the molecule is Cl.Nc1nnc2oc3ccccc3n12. The second-order valence-corrected chi connectivity index (χ2v) is 2.75. The first-order valence-electron chi connectivity index (χ1n) is 3.84. The fourth-order valence-corrected chi connectivity index (χ4v) is 1.40. The van der Waals surface area contributed by atoms with Gasteiger partial charge in [0.05, 0.1) is 5.52 Å². The lowest BCUT2D eigenvalue weighted by Gasteiger charge is -1.87. The molecule has 0 fully saturated rings. The molecule has 0 saturated carbocycles. The minimum Gasteiger partial charge on any atom is -0.422 e. The predicted molar refractivity (Wildman–Crippen MR) is 54.4 cm³/mol. The molecule has 2 N–H and O–H groups in total. The van der Waals surface area contributed by atoms with Crippen molar-refractivity contribution < 1.29 is 4.42 Å². The average Bonchev–Trinajstić information content (AvgIpc) is 2.66. The highest BCUT2D eigenvalue weighted by molar-refractivity contribution is 5.85. The van der Waals surface area contributed by atoms with Crippen LogP contribution in [0.4, 0.5) is 5.95 Å². The van der Waals surface area contributed by atoms with Crippen LogP contribution in [-0.4, -0.2) is 14.6 Å². The highest BCUT2D eigenvalue weighted by atomic mass is 35.5. The summed E-state index contributed by atoms with van der Waals surface area (Å²) in [6.45, 7) is 0. The van der Waals surface area contributed by atoms with Crippen LogP contribution in [0, 0.1) is 0 Å². The molecule has 0 saturated heterocycles. The van der Waals surface area contributed by atoms with Crippen LogP contribution in [0.15, 0.2) is 28.7 Å². The molecule has 3 aromatic rings. The number of halogens is 1. The molecule has 0 radical (unpaired) electrons. The summed E-state index contributed by atoms with van der Waals surface area (Å²) in [5.41, 5.74) is 7.27. The van der Waals surface area contributed by atoms with E-state index in [1.54, 1.807) is 4.40 Å². The molecule has 0 amide bonds. The van der Waals surface area contributed by atoms with Crippen LogP contribution in [0.5, 0.6) is 0 Å². The summed E-state index contributed by atoms with van der Waals surface area (Å²) in [6.07, 6.45) is 0. The molecule has 5 nitrogen and oxygen atoms in total. The first-order chi connectivity index (χ1) is 6.36. The van der Waals surface area contributed by atoms with Crippen molar-refractivity contribution in [1.82, 2.24) is 14.6 Å². The Morgan fingerprint density at radius 1 is 1.21 bits per heavy atom. The quantitative estimate of drug-likeness (QED) is 0.610. The number of nitrogens with zero attached hydrogens (tertiary/aromatic N) is 3. The summed E-state index contributed by atoms with van der Waals surface area (Å²) in [6, 6.07) is 7.58. The predicted octanol–water partition coefficient (Wildman–Crippen LogP) is 1.48. The number of aromatic nitrogens is 3. The first-order valence-corrected chi connectivity index (χ1v) is 3.84. The van der Waals surface area contributed by atoms with Gasteiger partial charge >= 0.3 is 5.84 Å². The monoisotopic (exact) mass is 210 g/mol. The summed E-state index contributed by atoms with van der Waals surface area (Å²) in [4.78, 5) is 0. The number of para-hydroxylation sites is 2. The smallest absolute Gasteiger partial charge is 0.329 e. The molecular weight excluding hydrogens is 204 g/mol. The number of nitrogens with two attached hydrogens (primary N) is 1. The largest absolute Gasteiger partial charge is 0.422 e. The van der Waals surface area contributed by atoms with E-state index in [0.717, 1.165) is 11.1 Å². The van der Waals surface area contributed by atoms with Crippen molar-refractivity contribution in [2.24, 2.45) is 0 Å². The molecule has 0 aliphatic heterocycles. The van der Waals surface area contributed by atoms with E-state index in [1.165, 1.54) is 0 Å². The van der Waals surface area contributed by atoms with Crippen molar-refractivity contribution in [2.75, 3.05) is 5.73 Å². The Morgan fingerprint density at radius 2 is 2.00 bits per heavy atom. The Labute approximate surface area is 84.9 Å². The van der Waals surface area contributed by atoms with Gasteiger partial charge in [0.2, 0.25) is 5.95 Å². The van der Waals surface area contributed by atoms with Gasteiger partial charge in [-0.05, 0) is 12.1 Å².